The van der Waals surface area contributed by atoms with Crippen LogP contribution in [-0.2, 0) is 32.1 Å². The molecule has 11 nitrogen and oxygen atoms in total. The van der Waals surface area contributed by atoms with E-state index in [1.807, 2.05) is 97.0 Å². The van der Waals surface area contributed by atoms with E-state index in [4.69, 9.17) is 35.3 Å². The summed E-state index contributed by atoms with van der Waals surface area (Å²) in [6, 6.07) is 24.5. The Morgan fingerprint density at radius 2 is 0.602 bits per heavy atom. The number of halogens is 9. The predicted octanol–water partition coefficient (Wildman–Crippen LogP) is 22.2. The molecule has 0 fully saturated rings. The van der Waals surface area contributed by atoms with Crippen molar-refractivity contribution in [2.75, 3.05) is 0 Å². The molecule has 0 aliphatic heterocycles. The Labute approximate surface area is 513 Å². The molecule has 0 unspecified atom stereocenters. The fraction of sp³-hybridized carbons (Fsp3) is 0.515. The minimum Gasteiger partial charge on any atom is -0.467 e. The molecule has 8 aromatic heterocycles. The van der Waals surface area contributed by atoms with Crippen LogP contribution in [0.4, 0.5) is 39.5 Å². The topological polar surface area (TPSA) is 144 Å². The van der Waals surface area contributed by atoms with E-state index in [0.29, 0.717) is 34.3 Å². The number of para-hydroxylation sites is 1. The Balaban J connectivity index is 0.000000346. The van der Waals surface area contributed by atoms with E-state index in [2.05, 4.69) is 62.6 Å². The third-order valence-electron chi connectivity index (χ3n) is 12.4. The molecule has 490 valence electrons. The van der Waals surface area contributed by atoms with Crippen LogP contribution < -0.4 is 0 Å². The summed E-state index contributed by atoms with van der Waals surface area (Å²) in [7, 11) is 0. The average Bonchev–Trinajstić information content (AvgIpc) is 2.19. The van der Waals surface area contributed by atoms with Gasteiger partial charge >= 0.3 is 18.5 Å². The second kappa shape index (κ2) is 32.4. The van der Waals surface area contributed by atoms with E-state index < -0.39 is 34.8 Å². The number of nitrogens with zero attached hydrogens (tertiary/aromatic N) is 3. The van der Waals surface area contributed by atoms with Gasteiger partial charge in [0.25, 0.3) is 0 Å². The van der Waals surface area contributed by atoms with Gasteiger partial charge in [-0.1, -0.05) is 101 Å². The molecule has 9 aromatic rings. The fourth-order valence-electron chi connectivity index (χ4n) is 7.51. The molecular formula is C68H92F9N3O8. The molecule has 0 spiro atoms. The molecule has 0 aliphatic rings. The number of aryl methyl sites for hydroxylation is 10. The second-order valence-corrected chi connectivity index (χ2v) is 25.9. The van der Waals surface area contributed by atoms with E-state index in [1.54, 1.807) is 57.4 Å². The zero-order chi connectivity index (χ0) is 67.4. The lowest BCUT2D eigenvalue weighted by atomic mass is 9.87. The minimum absolute atomic E-state index is 0.121. The summed E-state index contributed by atoms with van der Waals surface area (Å²) in [5, 5.41) is 1.18. The van der Waals surface area contributed by atoms with E-state index in [1.165, 1.54) is 39.3 Å². The van der Waals surface area contributed by atoms with Gasteiger partial charge in [-0.05, 0) is 120 Å². The number of hydrogen-bond acceptors (Lipinski definition) is 11. The van der Waals surface area contributed by atoms with Crippen molar-refractivity contribution in [1.29, 1.82) is 0 Å². The standard InChI is InChI=1S/2C10H13F3O.C10H16O.C9H12F3NO.C9H15NO.C9H8O.C6H8O.C5H7NO/c2*1-7-4-5-8(14-7)6-9(2,3)10(11,12)13;1-8-5-6-9(11-8)7-10(2,3)4;1-6-13-5-7(14-6)4-8(2,3)9(10,11)12;1-7-10-6-8(11-7)5-9(2,3)4;1-7-6-8-4-2-3-5-9(8)10-7;1-5-3-4-6(2)7-5;1-4-3-6-5(2)7-4/h2*4-5H,6H2,1-3H3;5-6H,7H2,1-4H3;5H,4H2,1-3H3;6H,5H2,1-4H3;2-6H,1H3;3-4H,1-2H3;3H,1-2H3. The molecule has 0 saturated heterocycles. The van der Waals surface area contributed by atoms with Crippen LogP contribution >= 0.6 is 0 Å². The Morgan fingerprint density at radius 3 is 0.864 bits per heavy atom. The smallest absolute Gasteiger partial charge is 0.394 e. The van der Waals surface area contributed by atoms with Crippen molar-refractivity contribution in [3.8, 4) is 0 Å². The van der Waals surface area contributed by atoms with Gasteiger partial charge in [-0.15, -0.1) is 0 Å². The largest absolute Gasteiger partial charge is 0.467 e. The minimum atomic E-state index is -4.23. The first-order valence-corrected chi connectivity index (χ1v) is 28.6. The number of oxazole rings is 3. The highest BCUT2D eigenvalue weighted by Crippen LogP contribution is 2.42. The maximum Gasteiger partial charge on any atom is 0.394 e. The summed E-state index contributed by atoms with van der Waals surface area (Å²) < 4.78 is 154. The van der Waals surface area contributed by atoms with E-state index >= 15 is 0 Å². The highest BCUT2D eigenvalue weighted by atomic mass is 19.4. The SMILES string of the molecule is Cc1cc2ccccc2o1.Cc1ccc(C)o1.Cc1ccc(CC(C)(C)C(F)(F)F)o1.Cc1ccc(CC(C)(C)C(F)(F)F)o1.Cc1ccc(CC(C)(C)C)o1.Cc1cnc(C)o1.Cc1ncc(CC(C)(C)C(F)(F)F)o1.Cc1ncc(CC(C)(C)C)o1. The van der Waals surface area contributed by atoms with E-state index in [0.717, 1.165) is 84.4 Å². The molecule has 0 saturated carbocycles. The van der Waals surface area contributed by atoms with Crippen LogP contribution in [0.2, 0.25) is 0 Å². The number of hydrogen-bond donors (Lipinski definition) is 0. The lowest BCUT2D eigenvalue weighted by molar-refractivity contribution is -0.212. The number of rotatable bonds is 8. The van der Waals surface area contributed by atoms with Crippen molar-refractivity contribution < 1.29 is 74.9 Å². The Morgan fingerprint density at radius 1 is 0.295 bits per heavy atom. The Kier molecular flexibility index (Phi) is 28.3. The van der Waals surface area contributed by atoms with Gasteiger partial charge in [0.15, 0.2) is 17.7 Å². The fourth-order valence-corrected chi connectivity index (χ4v) is 7.51. The zero-order valence-corrected chi connectivity index (χ0v) is 55.3. The van der Waals surface area contributed by atoms with Crippen molar-refractivity contribution in [3.63, 3.8) is 0 Å². The number of furan rings is 5. The predicted molar refractivity (Wildman–Crippen MR) is 325 cm³/mol. The Bertz CT molecular complexity index is 3080. The first-order chi connectivity index (χ1) is 40.0. The molecule has 0 amide bonds. The first-order valence-electron chi connectivity index (χ1n) is 28.6. The number of benzene rings is 1. The van der Waals surface area contributed by atoms with Crippen molar-refractivity contribution in [3.05, 3.63) is 184 Å². The van der Waals surface area contributed by atoms with Crippen LogP contribution in [0.3, 0.4) is 0 Å². The van der Waals surface area contributed by atoms with Gasteiger partial charge in [0, 0.05) is 58.3 Å². The summed E-state index contributed by atoms with van der Waals surface area (Å²) >= 11 is 0. The van der Waals surface area contributed by atoms with Gasteiger partial charge < -0.3 is 35.3 Å². The molecule has 0 aliphatic carbocycles. The van der Waals surface area contributed by atoms with E-state index in [9.17, 15) is 39.5 Å². The molecular weight excluding hydrogens is 1160 g/mol. The van der Waals surface area contributed by atoms with Gasteiger partial charge in [0.2, 0.25) is 0 Å². The van der Waals surface area contributed by atoms with Gasteiger partial charge in [0.05, 0.1) is 34.8 Å². The van der Waals surface area contributed by atoms with Crippen LogP contribution in [0, 0.1) is 96.3 Å². The molecule has 8 heterocycles. The molecule has 0 atom stereocenters. The summed E-state index contributed by atoms with van der Waals surface area (Å²) in [5.74, 6) is 11.1. The van der Waals surface area contributed by atoms with Crippen LogP contribution in [0.25, 0.3) is 11.0 Å². The molecule has 0 radical (unpaired) electrons. The third-order valence-corrected chi connectivity index (χ3v) is 12.4. The third kappa shape index (κ3) is 29.7. The molecule has 0 N–H and O–H groups in total. The number of aromatic nitrogens is 3. The zero-order valence-electron chi connectivity index (χ0n) is 55.3. The quantitative estimate of drug-likeness (QED) is 0.134. The average molecular weight is 1250 g/mol. The van der Waals surface area contributed by atoms with E-state index in [-0.39, 0.29) is 30.4 Å². The first kappa shape index (κ1) is 77.0. The maximum atomic E-state index is 12.5. The Hall–Kier alpha value is -7.12. The summed E-state index contributed by atoms with van der Waals surface area (Å²) in [5.41, 5.74) is -3.68. The highest BCUT2D eigenvalue weighted by Gasteiger charge is 2.49. The number of alkyl halides is 9. The van der Waals surface area contributed by atoms with Gasteiger partial charge in [-0.2, -0.15) is 39.5 Å². The van der Waals surface area contributed by atoms with Gasteiger partial charge in [-0.3, -0.25) is 0 Å². The van der Waals surface area contributed by atoms with Crippen LogP contribution in [-0.4, -0.2) is 33.5 Å². The summed E-state index contributed by atoms with van der Waals surface area (Å²) in [6.07, 6.45) is -6.24. The van der Waals surface area contributed by atoms with Crippen LogP contribution in [0.1, 0.15) is 170 Å². The van der Waals surface area contributed by atoms with Crippen molar-refractivity contribution in [1.82, 2.24) is 15.0 Å². The molecule has 1 aromatic carbocycles. The maximum absolute atomic E-state index is 12.5. The highest BCUT2D eigenvalue weighted by molar-refractivity contribution is 5.77. The van der Waals surface area contributed by atoms with Crippen LogP contribution in [0.5, 0.6) is 0 Å². The second-order valence-electron chi connectivity index (χ2n) is 25.9. The van der Waals surface area contributed by atoms with Crippen molar-refractivity contribution >= 4 is 11.0 Å². The molecule has 20 heteroatoms. The molecule has 9 rings (SSSR count). The van der Waals surface area contributed by atoms with Crippen molar-refractivity contribution in [2.24, 2.45) is 27.1 Å². The van der Waals surface area contributed by atoms with Gasteiger partial charge in [0.1, 0.15) is 74.7 Å². The lowest BCUT2D eigenvalue weighted by Crippen LogP contribution is -2.33. The van der Waals surface area contributed by atoms with Crippen LogP contribution in [0.15, 0.2) is 133 Å². The molecule has 88 heavy (non-hydrogen) atoms. The lowest BCUT2D eigenvalue weighted by Gasteiger charge is -2.26. The summed E-state index contributed by atoms with van der Waals surface area (Å²) in [4.78, 5) is 11.6. The van der Waals surface area contributed by atoms with Gasteiger partial charge in [-0.25, -0.2) is 15.0 Å². The normalized spacial score (nSPS) is 12.0. The number of fused-ring (bicyclic) bond motifs is 1. The van der Waals surface area contributed by atoms with Crippen molar-refractivity contribution in [2.45, 2.75) is 203 Å². The summed E-state index contributed by atoms with van der Waals surface area (Å²) in [6.45, 7) is 38.6. The monoisotopic (exact) mass is 1250 g/mol. The molecule has 0 bridgehead atoms.